The lowest BCUT2D eigenvalue weighted by Crippen LogP contribution is -2.19. The standard InChI is InChI=1S/C15H23NO4/c1-17-13-9-12(10-14(18-2)15(13)19-3)20-8-4-7-16-11-5-6-11/h9-11,16H,4-8H2,1-3H3. The van der Waals surface area contributed by atoms with E-state index in [0.717, 1.165) is 24.8 Å². The predicted molar refractivity (Wildman–Crippen MR) is 77.2 cm³/mol. The van der Waals surface area contributed by atoms with Crippen molar-refractivity contribution in [2.24, 2.45) is 0 Å². The first-order chi connectivity index (χ1) is 9.78. The van der Waals surface area contributed by atoms with E-state index in [-0.39, 0.29) is 0 Å². The highest BCUT2D eigenvalue weighted by Crippen LogP contribution is 2.40. The van der Waals surface area contributed by atoms with Gasteiger partial charge in [-0.15, -0.1) is 0 Å². The van der Waals surface area contributed by atoms with E-state index in [1.54, 1.807) is 21.3 Å². The summed E-state index contributed by atoms with van der Waals surface area (Å²) in [4.78, 5) is 0. The van der Waals surface area contributed by atoms with Crippen molar-refractivity contribution in [1.82, 2.24) is 5.32 Å². The first-order valence-corrected chi connectivity index (χ1v) is 6.94. The van der Waals surface area contributed by atoms with Crippen molar-refractivity contribution in [3.63, 3.8) is 0 Å². The van der Waals surface area contributed by atoms with Crippen LogP contribution in [0.25, 0.3) is 0 Å². The predicted octanol–water partition coefficient (Wildman–Crippen LogP) is 2.23. The van der Waals surface area contributed by atoms with Crippen LogP contribution in [0.2, 0.25) is 0 Å². The lowest BCUT2D eigenvalue weighted by atomic mass is 10.2. The molecule has 0 atom stereocenters. The third kappa shape index (κ3) is 3.93. The van der Waals surface area contributed by atoms with Crippen LogP contribution in [0, 0.1) is 0 Å². The normalized spacial score (nSPS) is 13.9. The molecule has 1 aromatic carbocycles. The van der Waals surface area contributed by atoms with E-state index in [2.05, 4.69) is 5.32 Å². The molecule has 1 fully saturated rings. The van der Waals surface area contributed by atoms with E-state index in [0.29, 0.717) is 23.9 Å². The highest BCUT2D eigenvalue weighted by atomic mass is 16.5. The van der Waals surface area contributed by atoms with Crippen LogP contribution in [0.5, 0.6) is 23.0 Å². The minimum Gasteiger partial charge on any atom is -0.493 e. The first-order valence-electron chi connectivity index (χ1n) is 6.94. The van der Waals surface area contributed by atoms with Crippen molar-refractivity contribution in [3.8, 4) is 23.0 Å². The Labute approximate surface area is 120 Å². The Morgan fingerprint density at radius 1 is 1.05 bits per heavy atom. The zero-order chi connectivity index (χ0) is 14.4. The van der Waals surface area contributed by atoms with Crippen molar-refractivity contribution in [1.29, 1.82) is 0 Å². The summed E-state index contributed by atoms with van der Waals surface area (Å²) in [6.07, 6.45) is 3.61. The summed E-state index contributed by atoms with van der Waals surface area (Å²) < 4.78 is 21.6. The Morgan fingerprint density at radius 2 is 1.70 bits per heavy atom. The summed E-state index contributed by atoms with van der Waals surface area (Å²) in [5.74, 6) is 2.53. The number of ether oxygens (including phenoxy) is 4. The Hall–Kier alpha value is -1.62. The van der Waals surface area contributed by atoms with Gasteiger partial charge >= 0.3 is 0 Å². The van der Waals surface area contributed by atoms with Gasteiger partial charge in [0.15, 0.2) is 11.5 Å². The Morgan fingerprint density at radius 3 is 2.20 bits per heavy atom. The van der Waals surface area contributed by atoms with Gasteiger partial charge in [-0.2, -0.15) is 0 Å². The maximum atomic E-state index is 5.74. The topological polar surface area (TPSA) is 49.0 Å². The summed E-state index contributed by atoms with van der Waals surface area (Å²) in [6, 6.07) is 4.38. The van der Waals surface area contributed by atoms with Crippen LogP contribution >= 0.6 is 0 Å². The number of benzene rings is 1. The summed E-state index contributed by atoms with van der Waals surface area (Å²) in [5.41, 5.74) is 0. The van der Waals surface area contributed by atoms with Crippen molar-refractivity contribution in [2.75, 3.05) is 34.5 Å². The number of nitrogens with one attached hydrogen (secondary N) is 1. The zero-order valence-electron chi connectivity index (χ0n) is 12.4. The lowest BCUT2D eigenvalue weighted by Gasteiger charge is -2.14. The molecule has 0 spiro atoms. The van der Waals surface area contributed by atoms with Crippen LogP contribution in [-0.2, 0) is 0 Å². The highest BCUT2D eigenvalue weighted by molar-refractivity contribution is 5.55. The molecule has 0 radical (unpaired) electrons. The quantitative estimate of drug-likeness (QED) is 0.703. The number of hydrogen-bond donors (Lipinski definition) is 1. The molecular formula is C15H23NO4. The molecule has 20 heavy (non-hydrogen) atoms. The fourth-order valence-electron chi connectivity index (χ4n) is 2.00. The van der Waals surface area contributed by atoms with Crippen LogP contribution in [0.1, 0.15) is 19.3 Å². The molecule has 0 unspecified atom stereocenters. The van der Waals surface area contributed by atoms with Crippen molar-refractivity contribution >= 4 is 0 Å². The average Bonchev–Trinajstić information content (AvgIpc) is 3.29. The van der Waals surface area contributed by atoms with Gasteiger partial charge in [-0.1, -0.05) is 0 Å². The molecule has 2 rings (SSSR count). The smallest absolute Gasteiger partial charge is 0.203 e. The third-order valence-corrected chi connectivity index (χ3v) is 3.24. The molecule has 5 heteroatoms. The minimum atomic E-state index is 0.581. The maximum absolute atomic E-state index is 5.74. The van der Waals surface area contributed by atoms with Crippen molar-refractivity contribution in [2.45, 2.75) is 25.3 Å². The van der Waals surface area contributed by atoms with Gasteiger partial charge in [0, 0.05) is 18.2 Å². The summed E-state index contributed by atoms with van der Waals surface area (Å²) >= 11 is 0. The number of methoxy groups -OCH3 is 3. The molecule has 0 bridgehead atoms. The SMILES string of the molecule is COc1cc(OCCCNC2CC2)cc(OC)c1OC. The molecule has 1 aromatic rings. The molecule has 0 amide bonds. The molecule has 1 saturated carbocycles. The zero-order valence-corrected chi connectivity index (χ0v) is 12.4. The second kappa shape index (κ2) is 7.24. The fraction of sp³-hybridized carbons (Fsp3) is 0.600. The van der Waals surface area contributed by atoms with Crippen LogP contribution in [0.3, 0.4) is 0 Å². The van der Waals surface area contributed by atoms with Crippen LogP contribution in [0.15, 0.2) is 12.1 Å². The fourth-order valence-corrected chi connectivity index (χ4v) is 2.00. The third-order valence-electron chi connectivity index (χ3n) is 3.24. The molecule has 1 N–H and O–H groups in total. The minimum absolute atomic E-state index is 0.581. The largest absolute Gasteiger partial charge is 0.493 e. The Balaban J connectivity index is 1.89. The number of hydrogen-bond acceptors (Lipinski definition) is 5. The Bertz CT molecular complexity index is 407. The average molecular weight is 281 g/mol. The van der Waals surface area contributed by atoms with Crippen LogP contribution in [-0.4, -0.2) is 40.5 Å². The summed E-state index contributed by atoms with van der Waals surface area (Å²) in [5, 5.41) is 3.46. The van der Waals surface area contributed by atoms with Gasteiger partial charge < -0.3 is 24.3 Å². The van der Waals surface area contributed by atoms with Gasteiger partial charge in [0.2, 0.25) is 5.75 Å². The first kappa shape index (κ1) is 14.8. The van der Waals surface area contributed by atoms with E-state index in [1.165, 1.54) is 12.8 Å². The molecule has 0 heterocycles. The summed E-state index contributed by atoms with van der Waals surface area (Å²) in [6.45, 7) is 1.66. The van der Waals surface area contributed by atoms with Gasteiger partial charge in [-0.05, 0) is 25.8 Å². The second-order valence-corrected chi connectivity index (χ2v) is 4.79. The molecule has 1 aliphatic carbocycles. The van der Waals surface area contributed by atoms with Gasteiger partial charge in [0.25, 0.3) is 0 Å². The van der Waals surface area contributed by atoms with E-state index in [1.807, 2.05) is 12.1 Å². The summed E-state index contributed by atoms with van der Waals surface area (Å²) in [7, 11) is 4.78. The van der Waals surface area contributed by atoms with Gasteiger partial charge in [0.05, 0.1) is 27.9 Å². The van der Waals surface area contributed by atoms with Crippen LogP contribution in [0.4, 0.5) is 0 Å². The molecule has 1 aliphatic rings. The van der Waals surface area contributed by atoms with E-state index < -0.39 is 0 Å². The second-order valence-electron chi connectivity index (χ2n) is 4.79. The maximum Gasteiger partial charge on any atom is 0.203 e. The molecule has 0 saturated heterocycles. The number of rotatable bonds is 9. The van der Waals surface area contributed by atoms with Crippen molar-refractivity contribution < 1.29 is 18.9 Å². The lowest BCUT2D eigenvalue weighted by molar-refractivity contribution is 0.293. The van der Waals surface area contributed by atoms with E-state index in [9.17, 15) is 0 Å². The van der Waals surface area contributed by atoms with Gasteiger partial charge in [-0.3, -0.25) is 0 Å². The molecule has 0 aliphatic heterocycles. The molecule has 5 nitrogen and oxygen atoms in total. The van der Waals surface area contributed by atoms with Crippen molar-refractivity contribution in [3.05, 3.63) is 12.1 Å². The Kier molecular flexibility index (Phi) is 5.35. The van der Waals surface area contributed by atoms with Gasteiger partial charge in [0.1, 0.15) is 5.75 Å². The van der Waals surface area contributed by atoms with E-state index >= 15 is 0 Å². The molecular weight excluding hydrogens is 258 g/mol. The highest BCUT2D eigenvalue weighted by Gasteiger charge is 2.19. The molecule has 0 aromatic heterocycles. The van der Waals surface area contributed by atoms with Gasteiger partial charge in [-0.25, -0.2) is 0 Å². The molecule has 112 valence electrons. The monoisotopic (exact) mass is 281 g/mol. The van der Waals surface area contributed by atoms with Crippen LogP contribution < -0.4 is 24.3 Å². The van der Waals surface area contributed by atoms with E-state index in [4.69, 9.17) is 18.9 Å².